The molecule has 3 heteroatoms. The summed E-state index contributed by atoms with van der Waals surface area (Å²) in [5.74, 6) is -0.0727. The molecule has 0 aliphatic rings. The molecule has 1 aromatic carbocycles. The standard InChI is InChI=1S/C14H22O2Si/c1-5-16-14(15)11-12(2)17(3,4)13-9-7-6-8-10-13/h6-10,12H,5,11H2,1-4H3/t12-/m1/s1. The van der Waals surface area contributed by atoms with Crippen molar-refractivity contribution in [3.05, 3.63) is 30.3 Å². The van der Waals surface area contributed by atoms with E-state index in [1.54, 1.807) is 0 Å². The van der Waals surface area contributed by atoms with Gasteiger partial charge in [-0.1, -0.05) is 55.5 Å². The first-order valence-electron chi connectivity index (χ1n) is 6.19. The van der Waals surface area contributed by atoms with Gasteiger partial charge in [0.1, 0.15) is 0 Å². The van der Waals surface area contributed by atoms with E-state index in [0.29, 0.717) is 18.6 Å². The van der Waals surface area contributed by atoms with Crippen LogP contribution in [0.5, 0.6) is 0 Å². The Bertz CT molecular complexity index is 360. The van der Waals surface area contributed by atoms with Crippen LogP contribution in [0.2, 0.25) is 18.6 Å². The van der Waals surface area contributed by atoms with Crippen LogP contribution in [0.4, 0.5) is 0 Å². The third kappa shape index (κ3) is 3.70. The van der Waals surface area contributed by atoms with E-state index < -0.39 is 8.07 Å². The monoisotopic (exact) mass is 250 g/mol. The van der Waals surface area contributed by atoms with Gasteiger partial charge in [0.15, 0.2) is 0 Å². The van der Waals surface area contributed by atoms with E-state index >= 15 is 0 Å². The van der Waals surface area contributed by atoms with Crippen LogP contribution in [-0.2, 0) is 9.53 Å². The molecule has 1 atom stereocenters. The second-order valence-electron chi connectivity index (χ2n) is 5.00. The van der Waals surface area contributed by atoms with Crippen LogP contribution >= 0.6 is 0 Å². The van der Waals surface area contributed by atoms with Gasteiger partial charge in [0.2, 0.25) is 0 Å². The highest BCUT2D eigenvalue weighted by Crippen LogP contribution is 2.25. The van der Waals surface area contributed by atoms with Gasteiger partial charge < -0.3 is 4.74 Å². The lowest BCUT2D eigenvalue weighted by molar-refractivity contribution is -0.143. The van der Waals surface area contributed by atoms with Gasteiger partial charge in [0.05, 0.1) is 14.7 Å². The van der Waals surface area contributed by atoms with Crippen molar-refractivity contribution in [2.24, 2.45) is 0 Å². The molecule has 0 amide bonds. The fourth-order valence-electron chi connectivity index (χ4n) is 1.88. The molecular formula is C14H22O2Si. The first-order chi connectivity index (χ1) is 7.98. The maximum atomic E-state index is 11.5. The fourth-order valence-corrected chi connectivity index (χ4v) is 4.17. The molecule has 17 heavy (non-hydrogen) atoms. The summed E-state index contributed by atoms with van der Waals surface area (Å²) in [6, 6.07) is 10.5. The molecule has 0 fully saturated rings. The summed E-state index contributed by atoms with van der Waals surface area (Å²) in [6.45, 7) is 9.11. The van der Waals surface area contributed by atoms with Gasteiger partial charge in [-0.25, -0.2) is 0 Å². The van der Waals surface area contributed by atoms with Crippen molar-refractivity contribution in [3.63, 3.8) is 0 Å². The van der Waals surface area contributed by atoms with Gasteiger partial charge in [0.25, 0.3) is 0 Å². The zero-order valence-corrected chi connectivity index (χ0v) is 12.2. The van der Waals surface area contributed by atoms with Gasteiger partial charge in [0, 0.05) is 6.42 Å². The molecule has 0 N–H and O–H groups in total. The number of ether oxygens (including phenoxy) is 1. The van der Waals surface area contributed by atoms with Crippen molar-refractivity contribution in [1.82, 2.24) is 0 Å². The summed E-state index contributed by atoms with van der Waals surface area (Å²) in [5, 5.41) is 1.40. The Balaban J connectivity index is 2.73. The Hall–Kier alpha value is -1.09. The van der Waals surface area contributed by atoms with Crippen LogP contribution in [0.15, 0.2) is 30.3 Å². The van der Waals surface area contributed by atoms with E-state index in [-0.39, 0.29) is 5.97 Å². The van der Waals surface area contributed by atoms with E-state index in [1.165, 1.54) is 5.19 Å². The molecule has 0 aliphatic heterocycles. The summed E-state index contributed by atoms with van der Waals surface area (Å²) in [6.07, 6.45) is 0.530. The number of carbonyl (C=O) groups is 1. The smallest absolute Gasteiger partial charge is 0.305 e. The molecule has 0 spiro atoms. The SMILES string of the molecule is CCOC(=O)C[C@@H](C)[Si](C)(C)c1ccccc1. The second-order valence-corrected chi connectivity index (χ2v) is 10.0. The maximum absolute atomic E-state index is 11.5. The predicted molar refractivity (Wildman–Crippen MR) is 74.2 cm³/mol. The van der Waals surface area contributed by atoms with Crippen molar-refractivity contribution in [2.45, 2.75) is 38.9 Å². The lowest BCUT2D eigenvalue weighted by Gasteiger charge is -2.29. The van der Waals surface area contributed by atoms with Crippen molar-refractivity contribution in [2.75, 3.05) is 6.61 Å². The molecule has 1 aromatic rings. The number of rotatable bonds is 5. The Morgan fingerprint density at radius 2 is 1.88 bits per heavy atom. The van der Waals surface area contributed by atoms with E-state index in [9.17, 15) is 4.79 Å². The summed E-state index contributed by atoms with van der Waals surface area (Å²) in [5.41, 5.74) is 0.393. The quantitative estimate of drug-likeness (QED) is 0.593. The van der Waals surface area contributed by atoms with E-state index in [4.69, 9.17) is 4.74 Å². The first-order valence-corrected chi connectivity index (χ1v) is 9.27. The van der Waals surface area contributed by atoms with Crippen molar-refractivity contribution in [3.8, 4) is 0 Å². The van der Waals surface area contributed by atoms with Crippen LogP contribution in [0.3, 0.4) is 0 Å². The lowest BCUT2D eigenvalue weighted by Crippen LogP contribution is -2.45. The number of hydrogen-bond acceptors (Lipinski definition) is 2. The van der Waals surface area contributed by atoms with Crippen molar-refractivity contribution < 1.29 is 9.53 Å². The first kappa shape index (κ1) is 14.0. The molecule has 0 aliphatic carbocycles. The van der Waals surface area contributed by atoms with Gasteiger partial charge in [-0.3, -0.25) is 4.79 Å². The number of carbonyl (C=O) groups excluding carboxylic acids is 1. The van der Waals surface area contributed by atoms with E-state index in [1.807, 2.05) is 13.0 Å². The molecule has 94 valence electrons. The Labute approximate surface area is 105 Å². The molecule has 1 rings (SSSR count). The van der Waals surface area contributed by atoms with Gasteiger partial charge >= 0.3 is 5.97 Å². The van der Waals surface area contributed by atoms with E-state index in [2.05, 4.69) is 44.3 Å². The average molecular weight is 250 g/mol. The summed E-state index contributed by atoms with van der Waals surface area (Å²) < 4.78 is 5.03. The zero-order chi connectivity index (χ0) is 12.9. The summed E-state index contributed by atoms with van der Waals surface area (Å²) >= 11 is 0. The number of benzene rings is 1. The number of esters is 1. The lowest BCUT2D eigenvalue weighted by atomic mass is 10.3. The summed E-state index contributed by atoms with van der Waals surface area (Å²) in [7, 11) is -1.58. The topological polar surface area (TPSA) is 26.3 Å². The Morgan fingerprint density at radius 3 is 2.41 bits per heavy atom. The largest absolute Gasteiger partial charge is 0.466 e. The minimum atomic E-state index is -1.58. The normalized spacial score (nSPS) is 13.2. The van der Waals surface area contributed by atoms with Crippen LogP contribution in [0.1, 0.15) is 20.3 Å². The van der Waals surface area contributed by atoms with Crippen molar-refractivity contribution in [1.29, 1.82) is 0 Å². The van der Waals surface area contributed by atoms with Crippen LogP contribution in [0.25, 0.3) is 0 Å². The third-order valence-corrected chi connectivity index (χ3v) is 8.02. The molecule has 0 radical (unpaired) electrons. The molecule has 0 saturated carbocycles. The zero-order valence-electron chi connectivity index (χ0n) is 11.2. The highest BCUT2D eigenvalue weighted by molar-refractivity contribution is 6.91. The average Bonchev–Trinajstić information content (AvgIpc) is 2.30. The van der Waals surface area contributed by atoms with Crippen LogP contribution in [-0.4, -0.2) is 20.7 Å². The van der Waals surface area contributed by atoms with Crippen molar-refractivity contribution >= 4 is 19.2 Å². The highest BCUT2D eigenvalue weighted by atomic mass is 28.3. The molecule has 0 saturated heterocycles. The fraction of sp³-hybridized carbons (Fsp3) is 0.500. The van der Waals surface area contributed by atoms with Gasteiger partial charge in [-0.15, -0.1) is 0 Å². The van der Waals surface area contributed by atoms with Gasteiger partial charge in [-0.2, -0.15) is 0 Å². The summed E-state index contributed by atoms with van der Waals surface area (Å²) in [4.78, 5) is 11.5. The molecular weight excluding hydrogens is 228 g/mol. The highest BCUT2D eigenvalue weighted by Gasteiger charge is 2.31. The third-order valence-electron chi connectivity index (χ3n) is 3.53. The minimum absolute atomic E-state index is 0.0727. The molecule has 0 heterocycles. The number of hydrogen-bond donors (Lipinski definition) is 0. The molecule has 2 nitrogen and oxygen atoms in total. The van der Waals surface area contributed by atoms with Crippen LogP contribution < -0.4 is 5.19 Å². The minimum Gasteiger partial charge on any atom is -0.466 e. The van der Waals surface area contributed by atoms with Gasteiger partial charge in [-0.05, 0) is 12.5 Å². The predicted octanol–water partition coefficient (Wildman–Crippen LogP) is 2.95. The van der Waals surface area contributed by atoms with E-state index in [0.717, 1.165) is 0 Å². The van der Waals surface area contributed by atoms with Crippen LogP contribution in [0, 0.1) is 0 Å². The second kappa shape index (κ2) is 6.01. The molecule has 0 unspecified atom stereocenters. The maximum Gasteiger partial charge on any atom is 0.305 e. The molecule has 0 aromatic heterocycles. The molecule has 0 bridgehead atoms. The Kier molecular flexibility index (Phi) is 4.94. The Morgan fingerprint density at radius 1 is 1.29 bits per heavy atom.